The molecule has 0 aliphatic heterocycles. The van der Waals surface area contributed by atoms with Gasteiger partial charge < -0.3 is 5.32 Å². The Labute approximate surface area is 217 Å². The maximum absolute atomic E-state index is 12.4. The summed E-state index contributed by atoms with van der Waals surface area (Å²) in [6.45, 7) is 2.26. The molecule has 1 N–H and O–H groups in total. The van der Waals surface area contributed by atoms with Crippen molar-refractivity contribution in [2.75, 3.05) is 5.32 Å². The molecule has 0 aromatic heterocycles. The molecule has 0 heterocycles. The number of halogens is 1. The molecule has 0 fully saturated rings. The van der Waals surface area contributed by atoms with Crippen molar-refractivity contribution in [3.05, 3.63) is 70.8 Å². The highest BCUT2D eigenvalue weighted by Gasteiger charge is 2.05. The van der Waals surface area contributed by atoms with Gasteiger partial charge in [0.2, 0.25) is 5.91 Å². The SMILES string of the molecule is CCCCCCCCCCCCCCCC(=O)Nc1ccc(C(=O)/C=C/c2ccc(Cl)cc2)cc1. The molecule has 3 nitrogen and oxygen atoms in total. The summed E-state index contributed by atoms with van der Waals surface area (Å²) in [6.07, 6.45) is 20.7. The molecule has 0 unspecified atom stereocenters. The molecule has 2 rings (SSSR count). The van der Waals surface area contributed by atoms with E-state index in [0.29, 0.717) is 17.0 Å². The molecular weight excluding hydrogens is 454 g/mol. The second-order valence-corrected chi connectivity index (χ2v) is 9.80. The number of hydrogen-bond acceptors (Lipinski definition) is 2. The number of anilines is 1. The molecule has 4 heteroatoms. The van der Waals surface area contributed by atoms with E-state index in [1.54, 1.807) is 48.6 Å². The topological polar surface area (TPSA) is 46.2 Å². The number of amides is 1. The van der Waals surface area contributed by atoms with E-state index >= 15 is 0 Å². The number of benzene rings is 2. The monoisotopic (exact) mass is 495 g/mol. The molecule has 190 valence electrons. The standard InChI is InChI=1S/C31H42ClNO2/c1-2-3-4-5-6-7-8-9-10-11-12-13-14-15-31(35)33-29-23-19-27(20-24-29)30(34)25-18-26-16-21-28(32)22-17-26/h16-25H,2-15H2,1H3,(H,33,35)/b25-18+. The van der Waals surface area contributed by atoms with Crippen molar-refractivity contribution in [3.63, 3.8) is 0 Å². The fourth-order valence-corrected chi connectivity index (χ4v) is 4.21. The van der Waals surface area contributed by atoms with Crippen LogP contribution in [0.5, 0.6) is 0 Å². The van der Waals surface area contributed by atoms with E-state index in [1.165, 1.54) is 70.6 Å². The zero-order chi connectivity index (χ0) is 25.1. The third-order valence-electron chi connectivity index (χ3n) is 6.26. The number of rotatable bonds is 18. The summed E-state index contributed by atoms with van der Waals surface area (Å²) in [5.41, 5.74) is 2.23. The molecule has 0 bridgehead atoms. The second kappa shape index (κ2) is 18.0. The highest BCUT2D eigenvalue weighted by Crippen LogP contribution is 2.15. The van der Waals surface area contributed by atoms with Crippen LogP contribution in [0.15, 0.2) is 54.6 Å². The predicted molar refractivity (Wildman–Crippen MR) is 150 cm³/mol. The minimum atomic E-state index is -0.0789. The van der Waals surface area contributed by atoms with Gasteiger partial charge in [-0.15, -0.1) is 0 Å². The molecule has 0 atom stereocenters. The van der Waals surface area contributed by atoms with E-state index in [0.717, 1.165) is 24.1 Å². The lowest BCUT2D eigenvalue weighted by Crippen LogP contribution is -2.11. The summed E-state index contributed by atoms with van der Waals surface area (Å²) in [4.78, 5) is 24.6. The molecule has 0 spiro atoms. The van der Waals surface area contributed by atoms with Crippen molar-refractivity contribution in [1.82, 2.24) is 0 Å². The van der Waals surface area contributed by atoms with E-state index < -0.39 is 0 Å². The van der Waals surface area contributed by atoms with Crippen LogP contribution in [0.1, 0.15) is 113 Å². The number of allylic oxidation sites excluding steroid dienone is 1. The smallest absolute Gasteiger partial charge is 0.224 e. The van der Waals surface area contributed by atoms with Crippen molar-refractivity contribution >= 4 is 35.1 Å². The van der Waals surface area contributed by atoms with Crippen LogP contribution in [0.3, 0.4) is 0 Å². The summed E-state index contributed by atoms with van der Waals surface area (Å²) in [7, 11) is 0. The van der Waals surface area contributed by atoms with E-state index in [9.17, 15) is 9.59 Å². The Morgan fingerprint density at radius 2 is 1.23 bits per heavy atom. The van der Waals surface area contributed by atoms with Crippen molar-refractivity contribution in [3.8, 4) is 0 Å². The third-order valence-corrected chi connectivity index (χ3v) is 6.51. The number of carbonyl (C=O) groups is 2. The van der Waals surface area contributed by atoms with E-state index in [4.69, 9.17) is 11.6 Å². The quantitative estimate of drug-likeness (QED) is 0.127. The fraction of sp³-hybridized carbons (Fsp3) is 0.484. The number of ketones is 1. The van der Waals surface area contributed by atoms with Crippen LogP contribution in [0.4, 0.5) is 5.69 Å². The van der Waals surface area contributed by atoms with Gasteiger partial charge in [0, 0.05) is 22.7 Å². The number of unbranched alkanes of at least 4 members (excludes halogenated alkanes) is 12. The van der Waals surface area contributed by atoms with Crippen molar-refractivity contribution in [2.24, 2.45) is 0 Å². The molecule has 35 heavy (non-hydrogen) atoms. The lowest BCUT2D eigenvalue weighted by Gasteiger charge is -2.06. The van der Waals surface area contributed by atoms with Gasteiger partial charge in [-0.25, -0.2) is 0 Å². The molecule has 0 aliphatic rings. The largest absolute Gasteiger partial charge is 0.326 e. The minimum absolute atomic E-state index is 0.0368. The molecule has 0 radical (unpaired) electrons. The third kappa shape index (κ3) is 13.3. The maximum Gasteiger partial charge on any atom is 0.224 e. The van der Waals surface area contributed by atoms with Crippen LogP contribution in [0.25, 0.3) is 6.08 Å². The Kier molecular flexibility index (Phi) is 14.8. The Bertz CT molecular complexity index is 887. The van der Waals surface area contributed by atoms with Crippen LogP contribution in [0.2, 0.25) is 5.02 Å². The summed E-state index contributed by atoms with van der Waals surface area (Å²) < 4.78 is 0. The predicted octanol–water partition coefficient (Wildman–Crippen LogP) is 9.66. The van der Waals surface area contributed by atoms with E-state index in [-0.39, 0.29) is 11.7 Å². The van der Waals surface area contributed by atoms with Gasteiger partial charge in [-0.3, -0.25) is 9.59 Å². The summed E-state index contributed by atoms with van der Waals surface area (Å²) >= 11 is 5.88. The molecule has 2 aromatic carbocycles. The van der Waals surface area contributed by atoms with Gasteiger partial charge >= 0.3 is 0 Å². The Balaban J connectivity index is 1.53. The van der Waals surface area contributed by atoms with Crippen LogP contribution in [-0.2, 0) is 4.79 Å². The zero-order valence-electron chi connectivity index (χ0n) is 21.4. The lowest BCUT2D eigenvalue weighted by molar-refractivity contribution is -0.116. The van der Waals surface area contributed by atoms with Crippen LogP contribution in [-0.4, -0.2) is 11.7 Å². The Hall–Kier alpha value is -2.39. The highest BCUT2D eigenvalue weighted by atomic mass is 35.5. The van der Waals surface area contributed by atoms with Gasteiger partial charge in [0.25, 0.3) is 0 Å². The average Bonchev–Trinajstić information content (AvgIpc) is 2.86. The van der Waals surface area contributed by atoms with Crippen molar-refractivity contribution in [2.45, 2.75) is 96.8 Å². The average molecular weight is 496 g/mol. The molecule has 0 saturated heterocycles. The Morgan fingerprint density at radius 3 is 1.77 bits per heavy atom. The first-order valence-corrected chi connectivity index (χ1v) is 13.8. The van der Waals surface area contributed by atoms with Gasteiger partial charge in [0.15, 0.2) is 5.78 Å². The summed E-state index contributed by atoms with van der Waals surface area (Å²) in [6, 6.07) is 14.4. The van der Waals surface area contributed by atoms with Gasteiger partial charge in [0.05, 0.1) is 0 Å². The number of hydrogen-bond donors (Lipinski definition) is 1. The van der Waals surface area contributed by atoms with Gasteiger partial charge in [-0.2, -0.15) is 0 Å². The van der Waals surface area contributed by atoms with Crippen LogP contribution < -0.4 is 5.32 Å². The molecule has 0 aliphatic carbocycles. The number of carbonyl (C=O) groups excluding carboxylic acids is 2. The normalized spacial score (nSPS) is 11.1. The zero-order valence-corrected chi connectivity index (χ0v) is 22.1. The molecule has 2 aromatic rings. The van der Waals surface area contributed by atoms with Gasteiger partial charge in [-0.05, 0) is 54.5 Å². The first-order valence-electron chi connectivity index (χ1n) is 13.5. The molecular formula is C31H42ClNO2. The minimum Gasteiger partial charge on any atom is -0.326 e. The van der Waals surface area contributed by atoms with Gasteiger partial charge in [-0.1, -0.05) is 114 Å². The van der Waals surface area contributed by atoms with Crippen LogP contribution in [0, 0.1) is 0 Å². The van der Waals surface area contributed by atoms with E-state index in [1.807, 2.05) is 12.1 Å². The van der Waals surface area contributed by atoms with Crippen LogP contribution >= 0.6 is 11.6 Å². The summed E-state index contributed by atoms with van der Waals surface area (Å²) in [5.74, 6) is -0.0421. The highest BCUT2D eigenvalue weighted by molar-refractivity contribution is 6.30. The maximum atomic E-state index is 12.4. The summed E-state index contributed by atoms with van der Waals surface area (Å²) in [5, 5.41) is 3.60. The fourth-order valence-electron chi connectivity index (χ4n) is 4.09. The van der Waals surface area contributed by atoms with E-state index in [2.05, 4.69) is 12.2 Å². The van der Waals surface area contributed by atoms with Crippen molar-refractivity contribution < 1.29 is 9.59 Å². The second-order valence-electron chi connectivity index (χ2n) is 9.37. The Morgan fingerprint density at radius 1 is 0.714 bits per heavy atom. The first kappa shape index (κ1) is 28.8. The first-order chi connectivity index (χ1) is 17.1. The lowest BCUT2D eigenvalue weighted by atomic mass is 10.0. The van der Waals surface area contributed by atoms with Gasteiger partial charge in [0.1, 0.15) is 0 Å². The molecule has 0 saturated carbocycles. The molecule has 1 amide bonds. The van der Waals surface area contributed by atoms with Crippen molar-refractivity contribution in [1.29, 1.82) is 0 Å². The number of nitrogens with one attached hydrogen (secondary N) is 1.